The number of aromatic amines is 1. The molecule has 2 heterocycles. The molecule has 4 rings (SSSR count). The Hall–Kier alpha value is -2.43. The van der Waals surface area contributed by atoms with Gasteiger partial charge in [0.15, 0.2) is 5.76 Å². The number of fused-ring (bicyclic) bond motifs is 1. The highest BCUT2D eigenvalue weighted by Crippen LogP contribution is 2.38. The van der Waals surface area contributed by atoms with E-state index < -0.39 is 0 Å². The van der Waals surface area contributed by atoms with Crippen LogP contribution in [0.15, 0.2) is 39.5 Å². The largest absolute Gasteiger partial charge is 0.454 e. The average Bonchev–Trinajstić information content (AvgIpc) is 3.18. The van der Waals surface area contributed by atoms with Gasteiger partial charge in [0.05, 0.1) is 0 Å². The fraction of sp³-hybridized carbons (Fsp3) is 0.200. The summed E-state index contributed by atoms with van der Waals surface area (Å²) in [5.41, 5.74) is 0.882. The lowest BCUT2D eigenvalue weighted by atomic mass is 10.2. The van der Waals surface area contributed by atoms with Gasteiger partial charge < -0.3 is 9.40 Å². The number of nitrogens with one attached hydrogen (secondary N) is 1. The van der Waals surface area contributed by atoms with Gasteiger partial charge in [-0.05, 0) is 37.1 Å². The molecule has 1 aromatic carbocycles. The Bertz CT molecular complexity index is 862. The van der Waals surface area contributed by atoms with Crippen molar-refractivity contribution in [3.05, 3.63) is 52.3 Å². The lowest BCUT2D eigenvalue weighted by molar-refractivity contribution is 0.617. The van der Waals surface area contributed by atoms with Crippen LogP contribution >= 0.6 is 0 Å². The normalized spacial score (nSPS) is 14.8. The molecular formula is C15H11FN2O2. The van der Waals surface area contributed by atoms with Crippen LogP contribution in [0, 0.1) is 5.82 Å². The first-order valence-corrected chi connectivity index (χ1v) is 6.50. The topological polar surface area (TPSA) is 58.9 Å². The van der Waals surface area contributed by atoms with Crippen molar-refractivity contribution in [2.24, 2.45) is 0 Å². The quantitative estimate of drug-likeness (QED) is 0.778. The van der Waals surface area contributed by atoms with Gasteiger partial charge in [-0.2, -0.15) is 0 Å². The molecule has 0 radical (unpaired) electrons. The molecule has 3 aromatic rings. The van der Waals surface area contributed by atoms with Crippen LogP contribution in [-0.4, -0.2) is 9.97 Å². The molecule has 4 nitrogen and oxygen atoms in total. The molecule has 1 N–H and O–H groups in total. The van der Waals surface area contributed by atoms with Crippen LogP contribution in [0.1, 0.15) is 24.6 Å². The van der Waals surface area contributed by atoms with E-state index in [1.54, 1.807) is 12.1 Å². The minimum Gasteiger partial charge on any atom is -0.454 e. The molecule has 1 saturated carbocycles. The number of hydrogen-bond acceptors (Lipinski definition) is 3. The minimum absolute atomic E-state index is 0.191. The first-order chi connectivity index (χ1) is 9.69. The zero-order valence-electron chi connectivity index (χ0n) is 10.5. The third-order valence-corrected chi connectivity index (χ3v) is 3.45. The third-order valence-electron chi connectivity index (χ3n) is 3.45. The Balaban J connectivity index is 1.87. The van der Waals surface area contributed by atoms with Crippen molar-refractivity contribution in [1.82, 2.24) is 9.97 Å². The van der Waals surface area contributed by atoms with Gasteiger partial charge in [-0.3, -0.25) is 4.79 Å². The Labute approximate surface area is 113 Å². The van der Waals surface area contributed by atoms with Gasteiger partial charge in [0.2, 0.25) is 0 Å². The summed E-state index contributed by atoms with van der Waals surface area (Å²) in [5.74, 6) is 1.23. The van der Waals surface area contributed by atoms with E-state index in [1.165, 1.54) is 18.2 Å². The van der Waals surface area contributed by atoms with Gasteiger partial charge in [-0.25, -0.2) is 9.37 Å². The highest BCUT2D eigenvalue weighted by atomic mass is 19.1. The number of benzene rings is 1. The summed E-state index contributed by atoms with van der Waals surface area (Å²) in [6, 6.07) is 7.42. The second-order valence-corrected chi connectivity index (χ2v) is 5.08. The highest BCUT2D eigenvalue weighted by Gasteiger charge is 2.26. The molecular weight excluding hydrogens is 259 g/mol. The number of rotatable bonds is 2. The molecule has 5 heteroatoms. The molecule has 0 saturated heterocycles. The Morgan fingerprint density at radius 2 is 2.10 bits per heavy atom. The van der Waals surface area contributed by atoms with Crippen molar-refractivity contribution in [1.29, 1.82) is 0 Å². The highest BCUT2D eigenvalue weighted by molar-refractivity contribution is 5.82. The van der Waals surface area contributed by atoms with E-state index in [-0.39, 0.29) is 11.4 Å². The van der Waals surface area contributed by atoms with Crippen LogP contribution in [-0.2, 0) is 0 Å². The summed E-state index contributed by atoms with van der Waals surface area (Å²) in [7, 11) is 0. The molecule has 20 heavy (non-hydrogen) atoms. The van der Waals surface area contributed by atoms with E-state index in [0.29, 0.717) is 34.2 Å². The average molecular weight is 270 g/mol. The summed E-state index contributed by atoms with van der Waals surface area (Å²) in [6.45, 7) is 0. The number of hydrogen-bond donors (Lipinski definition) is 1. The van der Waals surface area contributed by atoms with Crippen LogP contribution in [0.5, 0.6) is 0 Å². The van der Waals surface area contributed by atoms with E-state index >= 15 is 0 Å². The van der Waals surface area contributed by atoms with Gasteiger partial charge in [-0.15, -0.1) is 0 Å². The molecule has 1 aliphatic carbocycles. The van der Waals surface area contributed by atoms with Crippen molar-refractivity contribution in [3.63, 3.8) is 0 Å². The number of furan rings is 1. The van der Waals surface area contributed by atoms with Crippen LogP contribution in [0.4, 0.5) is 4.39 Å². The van der Waals surface area contributed by atoms with E-state index in [0.717, 1.165) is 12.8 Å². The van der Waals surface area contributed by atoms with Crippen LogP contribution in [0.2, 0.25) is 0 Å². The predicted molar refractivity (Wildman–Crippen MR) is 72.0 cm³/mol. The third kappa shape index (κ3) is 1.91. The molecule has 0 spiro atoms. The van der Waals surface area contributed by atoms with E-state index in [1.807, 2.05) is 0 Å². The van der Waals surface area contributed by atoms with Crippen molar-refractivity contribution in [2.45, 2.75) is 18.8 Å². The lowest BCUT2D eigenvalue weighted by Gasteiger charge is -2.00. The maximum Gasteiger partial charge on any atom is 0.251 e. The molecule has 1 fully saturated rings. The molecule has 0 amide bonds. The molecule has 0 bridgehead atoms. The summed E-state index contributed by atoms with van der Waals surface area (Å²) in [6.07, 6.45) is 2.11. The van der Waals surface area contributed by atoms with Gasteiger partial charge in [0.1, 0.15) is 22.9 Å². The van der Waals surface area contributed by atoms with Crippen LogP contribution in [0.3, 0.4) is 0 Å². The second-order valence-electron chi connectivity index (χ2n) is 5.08. The maximum absolute atomic E-state index is 13.2. The maximum atomic E-state index is 13.2. The molecule has 1 aliphatic rings. The van der Waals surface area contributed by atoms with Gasteiger partial charge in [0.25, 0.3) is 5.56 Å². The summed E-state index contributed by atoms with van der Waals surface area (Å²) >= 11 is 0. The Morgan fingerprint density at radius 3 is 2.90 bits per heavy atom. The lowest BCUT2D eigenvalue weighted by Crippen LogP contribution is -2.10. The van der Waals surface area contributed by atoms with Gasteiger partial charge in [0, 0.05) is 17.4 Å². The SMILES string of the molecule is O=c1cc(-c2cc3cc(F)ccc3o2)nc(C2CC2)[nH]1. The van der Waals surface area contributed by atoms with E-state index in [4.69, 9.17) is 4.42 Å². The standard InChI is InChI=1S/C15H11FN2O2/c16-10-3-4-12-9(5-10)6-13(20-12)11-7-14(19)18-15(17-11)8-1-2-8/h3-8H,1-2H2,(H,17,18,19). The smallest absolute Gasteiger partial charge is 0.251 e. The first-order valence-electron chi connectivity index (χ1n) is 6.50. The van der Waals surface area contributed by atoms with E-state index in [9.17, 15) is 9.18 Å². The van der Waals surface area contributed by atoms with Gasteiger partial charge >= 0.3 is 0 Å². The van der Waals surface area contributed by atoms with Crippen LogP contribution < -0.4 is 5.56 Å². The second kappa shape index (κ2) is 4.03. The summed E-state index contributed by atoms with van der Waals surface area (Å²) < 4.78 is 18.8. The Kier molecular flexibility index (Phi) is 2.30. The number of halogens is 1. The molecule has 0 unspecified atom stereocenters. The fourth-order valence-corrected chi connectivity index (χ4v) is 2.29. The zero-order chi connectivity index (χ0) is 13.7. The van der Waals surface area contributed by atoms with Crippen molar-refractivity contribution < 1.29 is 8.81 Å². The Morgan fingerprint density at radius 1 is 1.25 bits per heavy atom. The van der Waals surface area contributed by atoms with Crippen molar-refractivity contribution in [3.8, 4) is 11.5 Å². The monoisotopic (exact) mass is 270 g/mol. The zero-order valence-corrected chi connectivity index (χ0v) is 10.5. The van der Waals surface area contributed by atoms with Crippen molar-refractivity contribution in [2.75, 3.05) is 0 Å². The molecule has 100 valence electrons. The molecule has 0 aliphatic heterocycles. The summed E-state index contributed by atoms with van der Waals surface area (Å²) in [4.78, 5) is 18.9. The number of nitrogens with zero attached hydrogens (tertiary/aromatic N) is 1. The molecule has 0 atom stereocenters. The van der Waals surface area contributed by atoms with Crippen LogP contribution in [0.25, 0.3) is 22.4 Å². The fourth-order valence-electron chi connectivity index (χ4n) is 2.29. The summed E-state index contributed by atoms with van der Waals surface area (Å²) in [5, 5.41) is 0.662. The number of H-pyrrole nitrogens is 1. The first kappa shape index (κ1) is 11.4. The van der Waals surface area contributed by atoms with E-state index in [2.05, 4.69) is 9.97 Å². The predicted octanol–water partition coefficient (Wildman–Crippen LogP) is 3.20. The van der Waals surface area contributed by atoms with Gasteiger partial charge in [-0.1, -0.05) is 0 Å². The number of aromatic nitrogens is 2. The minimum atomic E-state index is -0.317. The van der Waals surface area contributed by atoms with Crippen molar-refractivity contribution >= 4 is 11.0 Å². The molecule has 2 aromatic heterocycles.